The number of carbonyl (C=O) groups is 2. The van der Waals surface area contributed by atoms with Crippen LogP contribution < -0.4 is 16.8 Å². The Morgan fingerprint density at radius 3 is 2.59 bits per heavy atom. The summed E-state index contributed by atoms with van der Waals surface area (Å²) in [5.74, 6) is -1.54. The zero-order chi connectivity index (χ0) is 12.8. The molecule has 0 aliphatic carbocycles. The third-order valence-electron chi connectivity index (χ3n) is 2.23. The van der Waals surface area contributed by atoms with Crippen LogP contribution in [0.25, 0.3) is 0 Å². The lowest BCUT2D eigenvalue weighted by Crippen LogP contribution is -2.37. The molecule has 6 nitrogen and oxygen atoms in total. The van der Waals surface area contributed by atoms with E-state index in [1.807, 2.05) is 0 Å². The number of carbonyl (C=O) groups excluding carboxylic acids is 1. The number of hydrogen-bond acceptors (Lipinski definition) is 4. The topological polar surface area (TPSA) is 118 Å². The number of hydrogen-bond donors (Lipinski definition) is 4. The molecule has 6 N–H and O–H groups in total. The van der Waals surface area contributed by atoms with E-state index in [0.717, 1.165) is 0 Å². The predicted octanol–water partition coefficient (Wildman–Crippen LogP) is -0.000600. The fourth-order valence-electron chi connectivity index (χ4n) is 1.31. The Labute approximate surface area is 98.6 Å². The van der Waals surface area contributed by atoms with Crippen LogP contribution in [0.1, 0.15) is 16.8 Å². The zero-order valence-corrected chi connectivity index (χ0v) is 9.22. The van der Waals surface area contributed by atoms with Crippen LogP contribution in [0.5, 0.6) is 0 Å². The lowest BCUT2D eigenvalue weighted by molar-refractivity contribution is -0.117. The average Bonchev–Trinajstić information content (AvgIpc) is 2.29. The van der Waals surface area contributed by atoms with Gasteiger partial charge in [-0.2, -0.15) is 0 Å². The van der Waals surface area contributed by atoms with Crippen molar-refractivity contribution in [2.45, 2.75) is 12.5 Å². The Morgan fingerprint density at radius 1 is 1.35 bits per heavy atom. The molecule has 0 aliphatic rings. The number of carboxylic acid groups (broad SMARTS) is 1. The van der Waals surface area contributed by atoms with E-state index in [1.165, 1.54) is 12.1 Å². The van der Waals surface area contributed by atoms with Crippen LogP contribution in [0.15, 0.2) is 24.3 Å². The highest BCUT2D eigenvalue weighted by Gasteiger charge is 2.16. The molecule has 1 aromatic carbocycles. The van der Waals surface area contributed by atoms with Gasteiger partial charge in [0, 0.05) is 0 Å². The van der Waals surface area contributed by atoms with Crippen LogP contribution in [0, 0.1) is 0 Å². The molecular weight excluding hydrogens is 222 g/mol. The molecule has 0 saturated heterocycles. The van der Waals surface area contributed by atoms with Crippen molar-refractivity contribution in [3.8, 4) is 0 Å². The zero-order valence-electron chi connectivity index (χ0n) is 9.22. The fourth-order valence-corrected chi connectivity index (χ4v) is 1.31. The van der Waals surface area contributed by atoms with Crippen molar-refractivity contribution in [2.24, 2.45) is 11.5 Å². The Kier molecular flexibility index (Phi) is 4.62. The highest BCUT2D eigenvalue weighted by atomic mass is 16.4. The molecule has 0 bridgehead atoms. The fraction of sp³-hybridized carbons (Fsp3) is 0.273. The van der Waals surface area contributed by atoms with Crippen LogP contribution in [-0.2, 0) is 4.79 Å². The molecule has 1 aromatic rings. The molecule has 1 amide bonds. The third-order valence-corrected chi connectivity index (χ3v) is 2.23. The van der Waals surface area contributed by atoms with Crippen LogP contribution >= 0.6 is 0 Å². The number of benzene rings is 1. The Hall–Kier alpha value is -1.92. The molecule has 0 saturated carbocycles. The standard InChI is InChI=1S/C11H15N3O3/c12-6-5-8(13)10(15)14-9-4-2-1-3-7(9)11(16)17/h1-4,8H,5-6,12-13H2,(H,14,15)(H,16,17)/t8-/m0/s1. The van der Waals surface area contributed by atoms with Gasteiger partial charge in [-0.25, -0.2) is 4.79 Å². The van der Waals surface area contributed by atoms with Gasteiger partial charge in [0.05, 0.1) is 17.3 Å². The molecule has 0 spiro atoms. The molecule has 0 unspecified atom stereocenters. The van der Waals surface area contributed by atoms with Gasteiger partial charge >= 0.3 is 5.97 Å². The molecule has 0 aliphatic heterocycles. The van der Waals surface area contributed by atoms with E-state index < -0.39 is 17.9 Å². The predicted molar refractivity (Wildman–Crippen MR) is 63.7 cm³/mol. The summed E-state index contributed by atoms with van der Waals surface area (Å²) in [5, 5.41) is 11.4. The van der Waals surface area contributed by atoms with Gasteiger partial charge in [-0.15, -0.1) is 0 Å². The van der Waals surface area contributed by atoms with Gasteiger partial charge in [-0.05, 0) is 25.1 Å². The quantitative estimate of drug-likeness (QED) is 0.574. The summed E-state index contributed by atoms with van der Waals surface area (Å²) in [5.41, 5.74) is 11.1. The van der Waals surface area contributed by atoms with Crippen molar-refractivity contribution in [3.63, 3.8) is 0 Å². The number of nitrogens with one attached hydrogen (secondary N) is 1. The van der Waals surface area contributed by atoms with E-state index in [-0.39, 0.29) is 11.3 Å². The van der Waals surface area contributed by atoms with Gasteiger partial charge in [0.15, 0.2) is 0 Å². The number of nitrogens with two attached hydrogens (primary N) is 2. The summed E-state index contributed by atoms with van der Waals surface area (Å²) < 4.78 is 0. The Bertz CT molecular complexity index is 420. The molecule has 0 fully saturated rings. The molecular formula is C11H15N3O3. The van der Waals surface area contributed by atoms with E-state index >= 15 is 0 Å². The number of carboxylic acids is 1. The van der Waals surface area contributed by atoms with Crippen molar-refractivity contribution in [1.29, 1.82) is 0 Å². The lowest BCUT2D eigenvalue weighted by Gasteiger charge is -2.12. The van der Waals surface area contributed by atoms with Crippen molar-refractivity contribution in [1.82, 2.24) is 0 Å². The first-order valence-corrected chi connectivity index (χ1v) is 5.15. The number of anilines is 1. The molecule has 92 valence electrons. The minimum absolute atomic E-state index is 0.0285. The second-order valence-electron chi connectivity index (χ2n) is 3.52. The molecule has 6 heteroatoms. The average molecular weight is 237 g/mol. The Morgan fingerprint density at radius 2 is 2.00 bits per heavy atom. The minimum atomic E-state index is -1.10. The molecule has 1 atom stereocenters. The van der Waals surface area contributed by atoms with E-state index in [2.05, 4.69) is 5.32 Å². The van der Waals surface area contributed by atoms with E-state index in [9.17, 15) is 9.59 Å². The third kappa shape index (κ3) is 3.54. The lowest BCUT2D eigenvalue weighted by atomic mass is 10.1. The smallest absolute Gasteiger partial charge is 0.337 e. The SMILES string of the molecule is NCC[C@H](N)C(=O)Nc1ccccc1C(=O)O. The number of amides is 1. The van der Waals surface area contributed by atoms with Crippen molar-refractivity contribution < 1.29 is 14.7 Å². The van der Waals surface area contributed by atoms with Gasteiger partial charge in [-0.3, -0.25) is 4.79 Å². The normalized spacial score (nSPS) is 11.9. The maximum atomic E-state index is 11.6. The minimum Gasteiger partial charge on any atom is -0.478 e. The summed E-state index contributed by atoms with van der Waals surface area (Å²) in [6.45, 7) is 0.301. The second kappa shape index (κ2) is 5.97. The van der Waals surface area contributed by atoms with Crippen molar-refractivity contribution in [2.75, 3.05) is 11.9 Å². The molecule has 17 heavy (non-hydrogen) atoms. The maximum Gasteiger partial charge on any atom is 0.337 e. The van der Waals surface area contributed by atoms with Gasteiger partial charge in [0.2, 0.25) is 5.91 Å². The largest absolute Gasteiger partial charge is 0.478 e. The first-order valence-electron chi connectivity index (χ1n) is 5.15. The summed E-state index contributed by atoms with van der Waals surface area (Å²) in [6, 6.07) is 5.40. The van der Waals surface area contributed by atoms with E-state index in [4.69, 9.17) is 16.6 Å². The molecule has 0 radical (unpaired) electrons. The summed E-state index contributed by atoms with van der Waals surface area (Å²) in [7, 11) is 0. The summed E-state index contributed by atoms with van der Waals surface area (Å²) >= 11 is 0. The van der Waals surface area contributed by atoms with Crippen LogP contribution in [0.3, 0.4) is 0 Å². The number of para-hydroxylation sites is 1. The second-order valence-corrected chi connectivity index (χ2v) is 3.52. The van der Waals surface area contributed by atoms with Crippen LogP contribution in [0.2, 0.25) is 0 Å². The monoisotopic (exact) mass is 237 g/mol. The highest BCUT2D eigenvalue weighted by molar-refractivity contribution is 6.02. The van der Waals surface area contributed by atoms with Crippen molar-refractivity contribution >= 4 is 17.6 Å². The summed E-state index contributed by atoms with van der Waals surface area (Å²) in [4.78, 5) is 22.5. The molecule has 1 rings (SSSR count). The van der Waals surface area contributed by atoms with Gasteiger partial charge in [0.25, 0.3) is 0 Å². The number of rotatable bonds is 5. The van der Waals surface area contributed by atoms with Crippen LogP contribution in [-0.4, -0.2) is 29.6 Å². The van der Waals surface area contributed by atoms with Gasteiger partial charge in [0.1, 0.15) is 0 Å². The first kappa shape index (κ1) is 13.1. The summed E-state index contributed by atoms with van der Waals surface area (Å²) in [6.07, 6.45) is 0.348. The van der Waals surface area contributed by atoms with Gasteiger partial charge in [-0.1, -0.05) is 12.1 Å². The van der Waals surface area contributed by atoms with Crippen LogP contribution in [0.4, 0.5) is 5.69 Å². The van der Waals surface area contributed by atoms with Crippen molar-refractivity contribution in [3.05, 3.63) is 29.8 Å². The molecule has 0 heterocycles. The van der Waals surface area contributed by atoms with Gasteiger partial charge < -0.3 is 21.9 Å². The van der Waals surface area contributed by atoms with E-state index in [0.29, 0.717) is 13.0 Å². The maximum absolute atomic E-state index is 11.6. The Balaban J connectivity index is 2.81. The number of aromatic carboxylic acids is 1. The first-order chi connectivity index (χ1) is 8.06. The molecule has 0 aromatic heterocycles. The highest BCUT2D eigenvalue weighted by Crippen LogP contribution is 2.15. The van der Waals surface area contributed by atoms with E-state index in [1.54, 1.807) is 12.1 Å².